The van der Waals surface area contributed by atoms with Gasteiger partial charge in [-0.2, -0.15) is 4.57 Å². The van der Waals surface area contributed by atoms with Gasteiger partial charge in [0.2, 0.25) is 12.5 Å². The van der Waals surface area contributed by atoms with Crippen molar-refractivity contribution in [3.63, 3.8) is 0 Å². The second kappa shape index (κ2) is 3.80. The Hall–Kier alpha value is -1.71. The molecule has 0 aliphatic carbocycles. The van der Waals surface area contributed by atoms with Gasteiger partial charge < -0.3 is 5.73 Å². The zero-order valence-corrected chi connectivity index (χ0v) is 7.36. The van der Waals surface area contributed by atoms with Gasteiger partial charge in [-0.15, -0.1) is 0 Å². The molecule has 1 aromatic heterocycles. The Bertz CT molecular complexity index is 330. The Morgan fingerprint density at radius 3 is 2.31 bits per heavy atom. The molecular weight excluding hydrogens is 168 g/mol. The second-order valence-electron chi connectivity index (χ2n) is 2.83. The second-order valence-corrected chi connectivity index (χ2v) is 2.83. The van der Waals surface area contributed by atoms with E-state index in [4.69, 9.17) is 5.73 Å². The fourth-order valence-corrected chi connectivity index (χ4v) is 0.984. The van der Waals surface area contributed by atoms with E-state index in [2.05, 4.69) is 0 Å². The molecule has 68 valence electrons. The maximum absolute atomic E-state index is 10.7. The number of carbonyl (C=O) groups excluding carboxylic acids is 2. The van der Waals surface area contributed by atoms with Crippen molar-refractivity contribution in [1.29, 1.82) is 0 Å². The van der Waals surface area contributed by atoms with E-state index in [0.29, 0.717) is 12.1 Å². The monoisotopic (exact) mass is 179 g/mol. The summed E-state index contributed by atoms with van der Waals surface area (Å²) in [4.78, 5) is 21.4. The highest BCUT2D eigenvalue weighted by Gasteiger charge is 2.05. The van der Waals surface area contributed by atoms with Gasteiger partial charge in [0.25, 0.3) is 0 Å². The number of aromatic nitrogens is 1. The summed E-state index contributed by atoms with van der Waals surface area (Å²) in [6.07, 6.45) is 3.31. The van der Waals surface area contributed by atoms with Crippen molar-refractivity contribution in [1.82, 2.24) is 0 Å². The molecule has 0 bridgehead atoms. The highest BCUT2D eigenvalue weighted by atomic mass is 16.1. The molecule has 4 heteroatoms. The van der Waals surface area contributed by atoms with Gasteiger partial charge in [0.05, 0.1) is 5.56 Å². The Balaban J connectivity index is 2.81. The van der Waals surface area contributed by atoms with E-state index >= 15 is 0 Å². The van der Waals surface area contributed by atoms with Gasteiger partial charge in [0, 0.05) is 19.1 Å². The van der Waals surface area contributed by atoms with Crippen LogP contribution >= 0.6 is 0 Å². The van der Waals surface area contributed by atoms with Crippen LogP contribution in [0.5, 0.6) is 0 Å². The average Bonchev–Trinajstić information content (AvgIpc) is 2.04. The molecule has 0 saturated heterocycles. The van der Waals surface area contributed by atoms with E-state index < -0.39 is 5.91 Å². The molecule has 0 radical (unpaired) electrons. The van der Waals surface area contributed by atoms with E-state index in [-0.39, 0.29) is 5.78 Å². The molecule has 13 heavy (non-hydrogen) atoms. The Kier molecular flexibility index (Phi) is 2.74. The Labute approximate surface area is 76.0 Å². The first kappa shape index (κ1) is 9.38. The number of ketones is 1. The van der Waals surface area contributed by atoms with Crippen LogP contribution in [-0.4, -0.2) is 11.7 Å². The van der Waals surface area contributed by atoms with Crippen LogP contribution in [0.3, 0.4) is 0 Å². The van der Waals surface area contributed by atoms with Crippen molar-refractivity contribution in [2.75, 3.05) is 0 Å². The van der Waals surface area contributed by atoms with Crippen molar-refractivity contribution in [3.05, 3.63) is 30.1 Å². The number of hydrogen-bond acceptors (Lipinski definition) is 2. The van der Waals surface area contributed by atoms with Gasteiger partial charge in [-0.05, 0) is 0 Å². The summed E-state index contributed by atoms with van der Waals surface area (Å²) >= 11 is 0. The fourth-order valence-electron chi connectivity index (χ4n) is 0.984. The molecular formula is C9H11N2O2+. The number of nitrogens with zero attached hydrogens (tertiary/aromatic N) is 1. The molecule has 0 saturated carbocycles. The Morgan fingerprint density at radius 1 is 1.38 bits per heavy atom. The molecule has 4 nitrogen and oxygen atoms in total. The van der Waals surface area contributed by atoms with E-state index in [1.54, 1.807) is 29.1 Å². The standard InChI is InChI=1S/C9H10N2O2/c1-7(12)6-11-4-2-8(3-5-11)9(10)13/h2-5H,6H2,1H3,(H-,10,13)/p+1. The van der Waals surface area contributed by atoms with E-state index in [9.17, 15) is 9.59 Å². The summed E-state index contributed by atoms with van der Waals surface area (Å²) in [5.74, 6) is -0.396. The van der Waals surface area contributed by atoms with Crippen LogP contribution in [0, 0.1) is 0 Å². The molecule has 1 amide bonds. The minimum absolute atomic E-state index is 0.0665. The number of amides is 1. The van der Waals surface area contributed by atoms with Crippen molar-refractivity contribution < 1.29 is 14.2 Å². The van der Waals surface area contributed by atoms with Crippen LogP contribution in [0.2, 0.25) is 0 Å². The number of rotatable bonds is 3. The van der Waals surface area contributed by atoms with E-state index in [1.807, 2.05) is 0 Å². The predicted octanol–water partition coefficient (Wildman–Crippen LogP) is -0.338. The number of nitrogens with two attached hydrogens (primary N) is 1. The molecule has 0 atom stereocenters. The summed E-state index contributed by atoms with van der Waals surface area (Å²) < 4.78 is 1.69. The maximum Gasteiger partial charge on any atom is 0.249 e. The first-order chi connectivity index (χ1) is 6.09. The van der Waals surface area contributed by atoms with Crippen LogP contribution in [0.15, 0.2) is 24.5 Å². The lowest BCUT2D eigenvalue weighted by Gasteiger charge is -1.94. The third kappa shape index (κ3) is 2.66. The van der Waals surface area contributed by atoms with Gasteiger partial charge in [0.1, 0.15) is 0 Å². The summed E-state index contributed by atoms with van der Waals surface area (Å²) in [6.45, 7) is 1.83. The first-order valence-electron chi connectivity index (χ1n) is 3.88. The number of carbonyl (C=O) groups is 2. The minimum Gasteiger partial charge on any atom is -0.366 e. The summed E-state index contributed by atoms with van der Waals surface area (Å²) in [6, 6.07) is 3.18. The average molecular weight is 179 g/mol. The Morgan fingerprint density at radius 2 is 1.92 bits per heavy atom. The minimum atomic E-state index is -0.463. The van der Waals surface area contributed by atoms with E-state index in [0.717, 1.165) is 0 Å². The fraction of sp³-hybridized carbons (Fsp3) is 0.222. The van der Waals surface area contributed by atoms with Gasteiger partial charge >= 0.3 is 0 Å². The lowest BCUT2D eigenvalue weighted by molar-refractivity contribution is -0.684. The first-order valence-corrected chi connectivity index (χ1v) is 3.88. The van der Waals surface area contributed by atoms with Crippen LogP contribution < -0.4 is 10.3 Å². The van der Waals surface area contributed by atoms with Crippen LogP contribution in [0.25, 0.3) is 0 Å². The topological polar surface area (TPSA) is 64.0 Å². The van der Waals surface area contributed by atoms with Gasteiger partial charge in [0.15, 0.2) is 18.2 Å². The normalized spacial score (nSPS) is 9.62. The highest BCUT2D eigenvalue weighted by molar-refractivity contribution is 5.92. The molecule has 1 heterocycles. The lowest BCUT2D eigenvalue weighted by Crippen LogP contribution is -2.36. The van der Waals surface area contributed by atoms with Crippen LogP contribution in [0.1, 0.15) is 17.3 Å². The van der Waals surface area contributed by atoms with Crippen molar-refractivity contribution in [2.24, 2.45) is 5.73 Å². The third-order valence-corrected chi connectivity index (χ3v) is 1.58. The molecule has 0 aromatic carbocycles. The third-order valence-electron chi connectivity index (χ3n) is 1.58. The zero-order chi connectivity index (χ0) is 9.84. The van der Waals surface area contributed by atoms with Crippen molar-refractivity contribution in [3.8, 4) is 0 Å². The molecule has 0 fully saturated rings. The molecule has 0 aliphatic heterocycles. The van der Waals surface area contributed by atoms with Crippen molar-refractivity contribution in [2.45, 2.75) is 13.5 Å². The lowest BCUT2D eigenvalue weighted by atomic mass is 10.2. The maximum atomic E-state index is 10.7. The number of pyridine rings is 1. The van der Waals surface area contributed by atoms with Gasteiger partial charge in [-0.25, -0.2) is 0 Å². The number of primary amides is 1. The van der Waals surface area contributed by atoms with Crippen LogP contribution in [-0.2, 0) is 11.3 Å². The molecule has 0 unspecified atom stereocenters. The molecule has 1 aromatic rings. The highest BCUT2D eigenvalue weighted by Crippen LogP contribution is 1.92. The van der Waals surface area contributed by atoms with E-state index in [1.165, 1.54) is 6.92 Å². The number of Topliss-reactive ketones (excluding diaryl/α,β-unsaturated/α-hetero) is 1. The summed E-state index contributed by atoms with van der Waals surface area (Å²) in [5.41, 5.74) is 5.49. The number of hydrogen-bond donors (Lipinski definition) is 1. The smallest absolute Gasteiger partial charge is 0.249 e. The van der Waals surface area contributed by atoms with Crippen molar-refractivity contribution >= 4 is 11.7 Å². The molecule has 2 N–H and O–H groups in total. The summed E-state index contributed by atoms with van der Waals surface area (Å²) in [7, 11) is 0. The van der Waals surface area contributed by atoms with Gasteiger partial charge in [-0.3, -0.25) is 9.59 Å². The largest absolute Gasteiger partial charge is 0.366 e. The van der Waals surface area contributed by atoms with Gasteiger partial charge in [-0.1, -0.05) is 0 Å². The summed E-state index contributed by atoms with van der Waals surface area (Å²) in [5, 5.41) is 0. The van der Waals surface area contributed by atoms with Crippen LogP contribution in [0.4, 0.5) is 0 Å². The predicted molar refractivity (Wildman–Crippen MR) is 45.8 cm³/mol. The quantitative estimate of drug-likeness (QED) is 0.645. The SMILES string of the molecule is CC(=O)C[n+]1ccc(C(N)=O)cc1. The molecule has 0 spiro atoms. The zero-order valence-electron chi connectivity index (χ0n) is 7.36. The molecule has 1 rings (SSSR count). The molecule has 0 aliphatic rings.